The largest absolute Gasteiger partial charge is 0.404 e. The third-order valence-electron chi connectivity index (χ3n) is 4.58. The van der Waals surface area contributed by atoms with Gasteiger partial charge in [0.15, 0.2) is 11.0 Å². The number of rotatable bonds is 6. The summed E-state index contributed by atoms with van der Waals surface area (Å²) >= 11 is 0.956. The Hall–Kier alpha value is -3.25. The van der Waals surface area contributed by atoms with Crippen LogP contribution in [0.5, 0.6) is 0 Å². The minimum atomic E-state index is -4.81. The molecule has 1 heterocycles. The average Bonchev–Trinajstić information content (AvgIpc) is 3.09. The number of nitrogens with one attached hydrogen (secondary N) is 2. The molecule has 2 atom stereocenters. The van der Waals surface area contributed by atoms with Crippen LogP contribution in [0.1, 0.15) is 18.4 Å². The second-order valence-corrected chi connectivity index (χ2v) is 8.53. The van der Waals surface area contributed by atoms with Crippen LogP contribution >= 0.6 is 11.3 Å². The first-order valence-corrected chi connectivity index (χ1v) is 10.6. The molecular weight excluding hydrogens is 462 g/mol. The number of alkyl halides is 3. The number of carbonyl (C=O) groups excluding carboxylic acids is 2. The van der Waals surface area contributed by atoms with Crippen molar-refractivity contribution in [2.24, 2.45) is 5.73 Å². The van der Waals surface area contributed by atoms with Gasteiger partial charge >= 0.3 is 12.2 Å². The molecule has 3 rings (SSSR count). The number of nitrogens with zero attached hydrogens (tertiary/aromatic N) is 2. The second kappa shape index (κ2) is 9.71. The van der Waals surface area contributed by atoms with Gasteiger partial charge in [-0.05, 0) is 48.9 Å². The Labute approximate surface area is 190 Å². The molecule has 7 nitrogen and oxygen atoms in total. The number of urea groups is 1. The summed E-state index contributed by atoms with van der Waals surface area (Å²) in [5.41, 5.74) is 6.09. The molecule has 176 valence electrons. The van der Waals surface area contributed by atoms with E-state index in [0.717, 1.165) is 16.2 Å². The lowest BCUT2D eigenvalue weighted by atomic mass is 9.96. The van der Waals surface area contributed by atoms with Crippen LogP contribution in [0.3, 0.4) is 0 Å². The number of amides is 3. The lowest BCUT2D eigenvalue weighted by Gasteiger charge is -2.27. The quantitative estimate of drug-likeness (QED) is 0.449. The summed E-state index contributed by atoms with van der Waals surface area (Å²) in [5, 5.41) is 5.13. The van der Waals surface area contributed by atoms with Crippen molar-refractivity contribution in [1.82, 2.24) is 9.88 Å². The molecule has 1 aromatic heterocycles. The first-order valence-electron chi connectivity index (χ1n) is 9.75. The van der Waals surface area contributed by atoms with Gasteiger partial charge in [0.1, 0.15) is 5.82 Å². The van der Waals surface area contributed by atoms with Gasteiger partial charge in [0.05, 0.1) is 10.2 Å². The molecule has 33 heavy (non-hydrogen) atoms. The smallest absolute Gasteiger partial charge is 0.343 e. The number of fused-ring (bicyclic) bond motifs is 1. The normalized spacial score (nSPS) is 13.4. The summed E-state index contributed by atoms with van der Waals surface area (Å²) in [6.07, 6.45) is -4.81. The maximum absolute atomic E-state index is 13.8. The van der Waals surface area contributed by atoms with Gasteiger partial charge in [0, 0.05) is 25.3 Å². The van der Waals surface area contributed by atoms with Gasteiger partial charge in [0.2, 0.25) is 5.91 Å². The number of aromatic nitrogens is 1. The van der Waals surface area contributed by atoms with Crippen LogP contribution in [0.2, 0.25) is 0 Å². The van der Waals surface area contributed by atoms with Crippen molar-refractivity contribution < 1.29 is 27.2 Å². The maximum Gasteiger partial charge on any atom is 0.404 e. The Morgan fingerprint density at radius 2 is 1.82 bits per heavy atom. The molecule has 0 fully saturated rings. The first kappa shape index (κ1) is 24.4. The number of nitrogens with two attached hydrogens (primary N) is 1. The summed E-state index contributed by atoms with van der Waals surface area (Å²) in [6.45, 7) is 1.57. The minimum absolute atomic E-state index is 0.0224. The highest BCUT2D eigenvalue weighted by Gasteiger charge is 2.47. The van der Waals surface area contributed by atoms with Gasteiger partial charge in [-0.2, -0.15) is 13.2 Å². The Morgan fingerprint density at radius 3 is 2.42 bits per heavy atom. The van der Waals surface area contributed by atoms with Crippen molar-refractivity contribution in [3.63, 3.8) is 0 Å². The minimum Gasteiger partial charge on any atom is -0.343 e. The van der Waals surface area contributed by atoms with Crippen molar-refractivity contribution in [2.75, 3.05) is 24.2 Å². The highest BCUT2D eigenvalue weighted by Crippen LogP contribution is 2.38. The maximum atomic E-state index is 13.8. The molecule has 0 aliphatic heterocycles. The van der Waals surface area contributed by atoms with E-state index >= 15 is 0 Å². The highest BCUT2D eigenvalue weighted by atomic mass is 32.1. The van der Waals surface area contributed by atoms with E-state index < -0.39 is 35.9 Å². The lowest BCUT2D eigenvalue weighted by Crippen LogP contribution is -2.43. The molecule has 12 heteroatoms. The van der Waals surface area contributed by atoms with E-state index in [-0.39, 0.29) is 17.2 Å². The molecule has 0 bridgehead atoms. The second-order valence-electron chi connectivity index (χ2n) is 7.50. The van der Waals surface area contributed by atoms with Crippen LogP contribution < -0.4 is 16.4 Å². The monoisotopic (exact) mass is 483 g/mol. The van der Waals surface area contributed by atoms with Crippen molar-refractivity contribution in [3.05, 3.63) is 53.8 Å². The van der Waals surface area contributed by atoms with Gasteiger partial charge < -0.3 is 16.0 Å². The number of hydrogen-bond acceptors (Lipinski definition) is 5. The Balaban J connectivity index is 1.81. The number of halogens is 4. The van der Waals surface area contributed by atoms with E-state index in [1.807, 2.05) is 0 Å². The van der Waals surface area contributed by atoms with Crippen LogP contribution in [0, 0.1) is 5.82 Å². The highest BCUT2D eigenvalue weighted by molar-refractivity contribution is 7.22. The molecule has 3 aromatic rings. The van der Waals surface area contributed by atoms with Gasteiger partial charge in [-0.25, -0.2) is 14.2 Å². The fourth-order valence-electron chi connectivity index (χ4n) is 3.18. The van der Waals surface area contributed by atoms with Crippen molar-refractivity contribution in [1.29, 1.82) is 0 Å². The molecule has 0 spiro atoms. The topological polar surface area (TPSA) is 100 Å². The van der Waals surface area contributed by atoms with E-state index in [0.29, 0.717) is 15.9 Å². The number of carbonyl (C=O) groups is 2. The summed E-state index contributed by atoms with van der Waals surface area (Å²) in [5.74, 6) is -3.92. The molecule has 3 amide bonds. The molecule has 0 unspecified atom stereocenters. The SMILES string of the molecule is C[C@@H](N)CN(C)C(=O)[C@@H](c1ccc2nc(NC(=O)Nc3ccc(F)cc3)sc2c1)C(F)(F)F. The van der Waals surface area contributed by atoms with Crippen LogP contribution in [-0.4, -0.2) is 47.6 Å². The lowest BCUT2D eigenvalue weighted by molar-refractivity contribution is -0.171. The van der Waals surface area contributed by atoms with Crippen molar-refractivity contribution in [3.8, 4) is 0 Å². The first-order chi connectivity index (χ1) is 15.4. The molecule has 0 saturated heterocycles. The van der Waals surface area contributed by atoms with Crippen LogP contribution in [0.15, 0.2) is 42.5 Å². The number of likely N-dealkylation sites (N-methyl/N-ethyl adjacent to an activating group) is 1. The summed E-state index contributed by atoms with van der Waals surface area (Å²) in [4.78, 5) is 29.8. The van der Waals surface area contributed by atoms with Crippen molar-refractivity contribution >= 4 is 44.3 Å². The molecule has 0 saturated carbocycles. The summed E-state index contributed by atoms with van der Waals surface area (Å²) in [6, 6.07) is 7.77. The number of thiazole rings is 1. The zero-order valence-electron chi connectivity index (χ0n) is 17.6. The fraction of sp³-hybridized carbons (Fsp3) is 0.286. The van der Waals surface area contributed by atoms with Gasteiger partial charge in [0.25, 0.3) is 0 Å². The molecule has 0 aliphatic carbocycles. The molecule has 0 aliphatic rings. The predicted molar refractivity (Wildman–Crippen MR) is 119 cm³/mol. The Kier molecular flexibility index (Phi) is 7.18. The van der Waals surface area contributed by atoms with E-state index in [2.05, 4.69) is 15.6 Å². The molecular formula is C21H21F4N5O2S. The van der Waals surface area contributed by atoms with Crippen molar-refractivity contribution in [2.45, 2.75) is 25.1 Å². The molecule has 2 aromatic carbocycles. The van der Waals surface area contributed by atoms with E-state index in [4.69, 9.17) is 5.73 Å². The standard InChI is InChI=1S/C21H21F4N5O2S/c1-11(26)10-30(2)18(31)17(21(23,24)25)12-3-8-15-16(9-12)33-20(28-15)29-19(32)27-14-6-4-13(22)5-7-14/h3-9,11,17H,10,26H2,1-2H3,(H2,27,28,29,32)/t11-,17-/m1/s1. The van der Waals surface area contributed by atoms with E-state index in [1.165, 1.54) is 49.5 Å². The van der Waals surface area contributed by atoms with E-state index in [9.17, 15) is 27.2 Å². The predicted octanol–water partition coefficient (Wildman–Crippen LogP) is 4.53. The Morgan fingerprint density at radius 1 is 1.15 bits per heavy atom. The average molecular weight is 483 g/mol. The van der Waals surface area contributed by atoms with Gasteiger partial charge in [-0.15, -0.1) is 0 Å². The zero-order chi connectivity index (χ0) is 24.3. The third-order valence-corrected chi connectivity index (χ3v) is 5.51. The summed E-state index contributed by atoms with van der Waals surface area (Å²) in [7, 11) is 1.28. The number of anilines is 2. The summed E-state index contributed by atoms with van der Waals surface area (Å²) < 4.78 is 54.7. The van der Waals surface area contributed by atoms with Crippen LogP contribution in [0.25, 0.3) is 10.2 Å². The van der Waals surface area contributed by atoms with Crippen LogP contribution in [-0.2, 0) is 4.79 Å². The number of benzene rings is 2. The van der Waals surface area contributed by atoms with Gasteiger partial charge in [-0.3, -0.25) is 10.1 Å². The molecule has 4 N–H and O–H groups in total. The molecule has 0 radical (unpaired) electrons. The Bertz CT molecular complexity index is 1150. The van der Waals surface area contributed by atoms with Gasteiger partial charge in [-0.1, -0.05) is 17.4 Å². The fourth-order valence-corrected chi connectivity index (χ4v) is 4.09. The zero-order valence-corrected chi connectivity index (χ0v) is 18.4. The third kappa shape index (κ3) is 6.17. The number of hydrogen-bond donors (Lipinski definition) is 3. The van der Waals surface area contributed by atoms with E-state index in [1.54, 1.807) is 6.92 Å². The van der Waals surface area contributed by atoms with Crippen LogP contribution in [0.4, 0.5) is 33.2 Å².